The second-order valence-corrected chi connectivity index (χ2v) is 14.0. The molecule has 11 aromatic rings. The lowest BCUT2D eigenvalue weighted by atomic mass is 9.96. The van der Waals surface area contributed by atoms with E-state index in [-0.39, 0.29) is 0 Å². The van der Waals surface area contributed by atoms with Crippen molar-refractivity contribution in [1.29, 1.82) is 0 Å². The van der Waals surface area contributed by atoms with Gasteiger partial charge in [-0.2, -0.15) is 0 Å². The van der Waals surface area contributed by atoms with E-state index in [1.165, 1.54) is 16.5 Å². The van der Waals surface area contributed by atoms with Gasteiger partial charge in [0.2, 0.25) is 0 Å². The van der Waals surface area contributed by atoms with Gasteiger partial charge in [0, 0.05) is 32.8 Å². The SMILES string of the molecule is c1ccc(-c2ccc3cc(-c4nc(-c5ccc6ccccc6c5)nc(-c5cc6cc(-c7ccccc7)ccc6c6oc7ccccc7c56)n4)ccc3c2)cc1. The van der Waals surface area contributed by atoms with E-state index in [0.717, 1.165) is 76.7 Å². The molecule has 0 radical (unpaired) electrons. The molecule has 0 fully saturated rings. The van der Waals surface area contributed by atoms with Gasteiger partial charge in [-0.1, -0.05) is 146 Å². The molecule has 2 heterocycles. The molecular weight excluding hydrogens is 671 g/mol. The third kappa shape index (κ3) is 5.43. The molecule has 9 aromatic carbocycles. The first-order valence-corrected chi connectivity index (χ1v) is 18.5. The Bertz CT molecular complexity index is 3260. The lowest BCUT2D eigenvalue weighted by molar-refractivity contribution is 0.672. The number of rotatable bonds is 5. The van der Waals surface area contributed by atoms with E-state index < -0.39 is 0 Å². The summed E-state index contributed by atoms with van der Waals surface area (Å²) >= 11 is 0. The summed E-state index contributed by atoms with van der Waals surface area (Å²) in [7, 11) is 0. The number of furan rings is 1. The fourth-order valence-corrected chi connectivity index (χ4v) is 7.88. The minimum absolute atomic E-state index is 0.594. The molecule has 0 bridgehead atoms. The van der Waals surface area contributed by atoms with E-state index in [1.54, 1.807) is 0 Å². The summed E-state index contributed by atoms with van der Waals surface area (Å²) in [6.07, 6.45) is 0. The van der Waals surface area contributed by atoms with Crippen molar-refractivity contribution in [2.45, 2.75) is 0 Å². The van der Waals surface area contributed by atoms with Gasteiger partial charge in [0.25, 0.3) is 0 Å². The molecule has 0 atom stereocenters. The Labute approximate surface area is 317 Å². The monoisotopic (exact) mass is 701 g/mol. The van der Waals surface area contributed by atoms with E-state index in [9.17, 15) is 0 Å². The third-order valence-electron chi connectivity index (χ3n) is 10.7. The van der Waals surface area contributed by atoms with Crippen LogP contribution in [0, 0.1) is 0 Å². The van der Waals surface area contributed by atoms with E-state index >= 15 is 0 Å². The molecule has 256 valence electrons. The smallest absolute Gasteiger partial charge is 0.164 e. The summed E-state index contributed by atoms with van der Waals surface area (Å²) in [5.74, 6) is 1.82. The first-order valence-electron chi connectivity index (χ1n) is 18.5. The predicted octanol–water partition coefficient (Wildman–Crippen LogP) is 13.6. The highest BCUT2D eigenvalue weighted by Gasteiger charge is 2.21. The molecule has 0 amide bonds. The topological polar surface area (TPSA) is 51.8 Å². The standard InChI is InChI=1S/C51H31N3O/c1-3-11-32(12-4-1)36-20-21-39-29-41(24-22-38(39)27-36)50-52-49(40-23-19-34-15-7-8-16-35(34)28-40)53-51(54-50)45-31-42-30-37(33-13-5-2-6-14-33)25-26-43(42)48-47(45)44-17-9-10-18-46(44)55-48/h1-31H. The Morgan fingerprint density at radius 2 is 0.800 bits per heavy atom. The summed E-state index contributed by atoms with van der Waals surface area (Å²) in [6, 6.07) is 65.8. The maximum atomic E-state index is 6.67. The molecule has 0 aliphatic rings. The van der Waals surface area contributed by atoms with Crippen LogP contribution in [-0.2, 0) is 0 Å². The van der Waals surface area contributed by atoms with Gasteiger partial charge in [-0.15, -0.1) is 0 Å². The van der Waals surface area contributed by atoms with Crippen LogP contribution >= 0.6 is 0 Å². The van der Waals surface area contributed by atoms with Crippen molar-refractivity contribution < 1.29 is 4.42 Å². The molecular formula is C51H31N3O. The lowest BCUT2D eigenvalue weighted by Gasteiger charge is -2.12. The summed E-state index contributed by atoms with van der Waals surface area (Å²) in [5, 5.41) is 8.68. The van der Waals surface area contributed by atoms with E-state index in [1.807, 2.05) is 24.3 Å². The van der Waals surface area contributed by atoms with Crippen molar-refractivity contribution in [3.8, 4) is 56.4 Å². The predicted molar refractivity (Wildman–Crippen MR) is 227 cm³/mol. The van der Waals surface area contributed by atoms with Gasteiger partial charge in [0.05, 0.1) is 0 Å². The highest BCUT2D eigenvalue weighted by molar-refractivity contribution is 6.21. The molecule has 0 N–H and O–H groups in total. The molecule has 4 nitrogen and oxygen atoms in total. The lowest BCUT2D eigenvalue weighted by Crippen LogP contribution is -2.01. The number of nitrogens with zero attached hydrogens (tertiary/aromatic N) is 3. The van der Waals surface area contributed by atoms with Crippen molar-refractivity contribution >= 4 is 54.3 Å². The van der Waals surface area contributed by atoms with Crippen LogP contribution in [0.2, 0.25) is 0 Å². The van der Waals surface area contributed by atoms with E-state index in [2.05, 4.69) is 164 Å². The van der Waals surface area contributed by atoms with Gasteiger partial charge in [-0.25, -0.2) is 15.0 Å². The van der Waals surface area contributed by atoms with Gasteiger partial charge >= 0.3 is 0 Å². The molecule has 55 heavy (non-hydrogen) atoms. The van der Waals surface area contributed by atoms with Gasteiger partial charge in [0.15, 0.2) is 17.5 Å². The van der Waals surface area contributed by atoms with Crippen molar-refractivity contribution in [2.75, 3.05) is 0 Å². The molecule has 0 saturated carbocycles. The maximum absolute atomic E-state index is 6.67. The zero-order valence-electron chi connectivity index (χ0n) is 29.6. The summed E-state index contributed by atoms with van der Waals surface area (Å²) < 4.78 is 6.67. The van der Waals surface area contributed by atoms with Crippen LogP contribution in [-0.4, -0.2) is 15.0 Å². The quantitative estimate of drug-likeness (QED) is 0.179. The Balaban J connectivity index is 1.16. The maximum Gasteiger partial charge on any atom is 0.164 e. The number of hydrogen-bond donors (Lipinski definition) is 0. The van der Waals surface area contributed by atoms with E-state index in [4.69, 9.17) is 19.4 Å². The second kappa shape index (κ2) is 12.6. The van der Waals surface area contributed by atoms with Gasteiger partial charge in [-0.3, -0.25) is 0 Å². The zero-order chi connectivity index (χ0) is 36.3. The molecule has 2 aromatic heterocycles. The van der Waals surface area contributed by atoms with Gasteiger partial charge in [0.1, 0.15) is 11.2 Å². The molecule has 0 spiro atoms. The third-order valence-corrected chi connectivity index (χ3v) is 10.7. The van der Waals surface area contributed by atoms with Gasteiger partial charge in [-0.05, 0) is 91.6 Å². The zero-order valence-corrected chi connectivity index (χ0v) is 29.6. The minimum atomic E-state index is 0.594. The molecule has 4 heteroatoms. The molecule has 0 aliphatic heterocycles. The number of benzene rings is 9. The van der Waals surface area contributed by atoms with Gasteiger partial charge < -0.3 is 4.42 Å². The number of hydrogen-bond acceptors (Lipinski definition) is 4. The molecule has 0 saturated heterocycles. The molecule has 0 aliphatic carbocycles. The summed E-state index contributed by atoms with van der Waals surface area (Å²) in [5.41, 5.74) is 9.07. The summed E-state index contributed by atoms with van der Waals surface area (Å²) in [6.45, 7) is 0. The molecule has 0 unspecified atom stereocenters. The van der Waals surface area contributed by atoms with Crippen LogP contribution in [0.1, 0.15) is 0 Å². The normalized spacial score (nSPS) is 11.6. The van der Waals surface area contributed by atoms with Crippen molar-refractivity contribution in [1.82, 2.24) is 15.0 Å². The Hall–Kier alpha value is -7.43. The first kappa shape index (κ1) is 31.1. The van der Waals surface area contributed by atoms with Crippen molar-refractivity contribution in [2.24, 2.45) is 0 Å². The van der Waals surface area contributed by atoms with Crippen LogP contribution in [0.3, 0.4) is 0 Å². The largest absolute Gasteiger partial charge is 0.455 e. The number of aromatic nitrogens is 3. The van der Waals surface area contributed by atoms with Crippen molar-refractivity contribution in [3.63, 3.8) is 0 Å². The Morgan fingerprint density at radius 3 is 1.49 bits per heavy atom. The highest BCUT2D eigenvalue weighted by atomic mass is 16.3. The van der Waals surface area contributed by atoms with E-state index in [0.29, 0.717) is 17.5 Å². The van der Waals surface area contributed by atoms with Crippen LogP contribution in [0.5, 0.6) is 0 Å². The highest BCUT2D eigenvalue weighted by Crippen LogP contribution is 2.42. The average molecular weight is 702 g/mol. The molecule has 11 rings (SSSR count). The van der Waals surface area contributed by atoms with Crippen LogP contribution in [0.25, 0.3) is 111 Å². The van der Waals surface area contributed by atoms with Crippen LogP contribution in [0.15, 0.2) is 192 Å². The first-order chi connectivity index (χ1) is 27.2. The number of para-hydroxylation sites is 1. The number of fused-ring (bicyclic) bond motifs is 7. The fraction of sp³-hybridized carbons (Fsp3) is 0. The second-order valence-electron chi connectivity index (χ2n) is 14.0. The van der Waals surface area contributed by atoms with Crippen molar-refractivity contribution in [3.05, 3.63) is 188 Å². The Kier molecular flexibility index (Phi) is 7.14. The van der Waals surface area contributed by atoms with Crippen LogP contribution < -0.4 is 0 Å². The Morgan fingerprint density at radius 1 is 0.309 bits per heavy atom. The average Bonchev–Trinajstić information content (AvgIpc) is 3.66. The summed E-state index contributed by atoms with van der Waals surface area (Å²) in [4.78, 5) is 15.7. The minimum Gasteiger partial charge on any atom is -0.455 e. The van der Waals surface area contributed by atoms with Crippen LogP contribution in [0.4, 0.5) is 0 Å². The fourth-order valence-electron chi connectivity index (χ4n) is 7.88.